The standard InChI is InChI=1S/C21H18N2O5/c1-27-14-8-9-16(28-2)15(12-14)18-17(19(24)13-6-4-3-5-7-13)20(25)21(26)23(18)11-10-22/h3-9,12,18,24H,11H2,1-2H3. The Morgan fingerprint density at radius 1 is 1.14 bits per heavy atom. The highest BCUT2D eigenvalue weighted by Crippen LogP contribution is 2.43. The van der Waals surface area contributed by atoms with Crippen molar-refractivity contribution in [2.75, 3.05) is 20.8 Å². The number of hydrogen-bond acceptors (Lipinski definition) is 6. The molecule has 1 heterocycles. The van der Waals surface area contributed by atoms with Crippen LogP contribution in [0.2, 0.25) is 0 Å². The molecule has 142 valence electrons. The van der Waals surface area contributed by atoms with E-state index in [1.165, 1.54) is 14.2 Å². The van der Waals surface area contributed by atoms with Crippen molar-refractivity contribution in [2.45, 2.75) is 6.04 Å². The van der Waals surface area contributed by atoms with Crippen molar-refractivity contribution in [3.8, 4) is 17.6 Å². The fourth-order valence-corrected chi connectivity index (χ4v) is 3.25. The van der Waals surface area contributed by atoms with E-state index in [4.69, 9.17) is 9.47 Å². The van der Waals surface area contributed by atoms with Crippen LogP contribution in [0.25, 0.3) is 5.76 Å². The normalized spacial score (nSPS) is 18.0. The summed E-state index contributed by atoms with van der Waals surface area (Å²) in [5, 5.41) is 20.0. The Morgan fingerprint density at radius 3 is 2.46 bits per heavy atom. The molecular formula is C21H18N2O5. The van der Waals surface area contributed by atoms with Crippen LogP contribution < -0.4 is 9.47 Å². The zero-order valence-electron chi connectivity index (χ0n) is 15.4. The summed E-state index contributed by atoms with van der Waals surface area (Å²) in [6, 6.07) is 14.3. The number of Topliss-reactive ketones (excluding diaryl/α,β-unsaturated/α-hetero) is 1. The third kappa shape index (κ3) is 3.16. The number of nitriles is 1. The number of carbonyl (C=O) groups excluding carboxylic acids is 2. The number of aliphatic hydroxyl groups excluding tert-OH is 1. The summed E-state index contributed by atoms with van der Waals surface area (Å²) < 4.78 is 10.7. The first kappa shape index (κ1) is 19.0. The van der Waals surface area contributed by atoms with Crippen LogP contribution >= 0.6 is 0 Å². The number of aliphatic hydroxyl groups is 1. The van der Waals surface area contributed by atoms with Crippen LogP contribution in [-0.4, -0.2) is 42.5 Å². The molecule has 1 unspecified atom stereocenters. The van der Waals surface area contributed by atoms with Crippen molar-refractivity contribution in [3.63, 3.8) is 0 Å². The van der Waals surface area contributed by atoms with Gasteiger partial charge in [0.15, 0.2) is 0 Å². The molecule has 2 aromatic rings. The summed E-state index contributed by atoms with van der Waals surface area (Å²) in [6.45, 7) is -0.318. The van der Waals surface area contributed by atoms with Crippen molar-refractivity contribution >= 4 is 17.4 Å². The average molecular weight is 378 g/mol. The number of methoxy groups -OCH3 is 2. The van der Waals surface area contributed by atoms with Crippen LogP contribution in [-0.2, 0) is 9.59 Å². The second-order valence-electron chi connectivity index (χ2n) is 6.06. The van der Waals surface area contributed by atoms with E-state index in [1.807, 2.05) is 6.07 Å². The van der Waals surface area contributed by atoms with Gasteiger partial charge in [0.05, 0.1) is 31.9 Å². The molecule has 0 bridgehead atoms. The number of ether oxygens (including phenoxy) is 2. The van der Waals surface area contributed by atoms with Gasteiger partial charge in [-0.05, 0) is 18.2 Å². The number of benzene rings is 2. The van der Waals surface area contributed by atoms with Gasteiger partial charge in [-0.25, -0.2) is 0 Å². The second kappa shape index (κ2) is 7.84. The summed E-state index contributed by atoms with van der Waals surface area (Å²) in [5.41, 5.74) is 0.733. The molecule has 28 heavy (non-hydrogen) atoms. The summed E-state index contributed by atoms with van der Waals surface area (Å²) >= 11 is 0. The average Bonchev–Trinajstić information content (AvgIpc) is 2.98. The number of hydrogen-bond donors (Lipinski definition) is 1. The number of ketones is 1. The van der Waals surface area contributed by atoms with Gasteiger partial charge in [-0.2, -0.15) is 5.26 Å². The molecule has 7 nitrogen and oxygen atoms in total. The quantitative estimate of drug-likeness (QED) is 0.372. The van der Waals surface area contributed by atoms with Gasteiger partial charge in [-0.3, -0.25) is 9.59 Å². The second-order valence-corrected chi connectivity index (χ2v) is 6.06. The van der Waals surface area contributed by atoms with Crippen molar-refractivity contribution < 1.29 is 24.2 Å². The van der Waals surface area contributed by atoms with Gasteiger partial charge in [-0.1, -0.05) is 30.3 Å². The van der Waals surface area contributed by atoms with E-state index in [0.717, 1.165) is 4.90 Å². The maximum absolute atomic E-state index is 12.8. The number of likely N-dealkylation sites (tertiary alicyclic amines) is 1. The molecule has 1 aliphatic heterocycles. The van der Waals surface area contributed by atoms with Gasteiger partial charge in [0, 0.05) is 11.1 Å². The molecule has 3 rings (SSSR count). The smallest absolute Gasteiger partial charge is 0.296 e. The minimum atomic E-state index is -0.982. The SMILES string of the molecule is COc1ccc(OC)c(C2C(=C(O)c3ccccc3)C(=O)C(=O)N2CC#N)c1. The van der Waals surface area contributed by atoms with E-state index in [0.29, 0.717) is 22.6 Å². The lowest BCUT2D eigenvalue weighted by Crippen LogP contribution is -2.30. The van der Waals surface area contributed by atoms with E-state index in [2.05, 4.69) is 0 Å². The van der Waals surface area contributed by atoms with E-state index < -0.39 is 17.7 Å². The highest BCUT2D eigenvalue weighted by Gasteiger charge is 2.47. The largest absolute Gasteiger partial charge is 0.507 e. The highest BCUT2D eigenvalue weighted by atomic mass is 16.5. The number of rotatable bonds is 5. The van der Waals surface area contributed by atoms with Gasteiger partial charge in [0.1, 0.15) is 23.8 Å². The first-order chi connectivity index (χ1) is 13.5. The van der Waals surface area contributed by atoms with Crippen LogP contribution in [0.15, 0.2) is 54.1 Å². The summed E-state index contributed by atoms with van der Waals surface area (Å²) in [7, 11) is 2.95. The number of amides is 1. The first-order valence-corrected chi connectivity index (χ1v) is 8.46. The summed E-state index contributed by atoms with van der Waals surface area (Å²) in [6.07, 6.45) is 0. The Balaban J connectivity index is 2.28. The zero-order valence-corrected chi connectivity index (χ0v) is 15.4. The topological polar surface area (TPSA) is 99.9 Å². The lowest BCUT2D eigenvalue weighted by molar-refractivity contribution is -0.139. The van der Waals surface area contributed by atoms with Crippen molar-refractivity contribution in [2.24, 2.45) is 0 Å². The Labute approximate surface area is 162 Å². The molecule has 0 saturated carbocycles. The highest BCUT2D eigenvalue weighted by molar-refractivity contribution is 6.46. The summed E-state index contributed by atoms with van der Waals surface area (Å²) in [5.74, 6) is -1.14. The summed E-state index contributed by atoms with van der Waals surface area (Å²) in [4.78, 5) is 26.5. The third-order valence-corrected chi connectivity index (χ3v) is 4.56. The third-order valence-electron chi connectivity index (χ3n) is 4.56. The fourth-order valence-electron chi connectivity index (χ4n) is 3.25. The maximum atomic E-state index is 12.8. The Hall–Kier alpha value is -3.79. The van der Waals surface area contributed by atoms with Crippen molar-refractivity contribution in [1.29, 1.82) is 5.26 Å². The Morgan fingerprint density at radius 2 is 1.86 bits per heavy atom. The molecule has 0 radical (unpaired) electrons. The molecule has 0 aromatic heterocycles. The predicted octanol–water partition coefficient (Wildman–Crippen LogP) is 2.65. The lowest BCUT2D eigenvalue weighted by atomic mass is 9.94. The zero-order chi connectivity index (χ0) is 20.3. The van der Waals surface area contributed by atoms with E-state index in [1.54, 1.807) is 48.5 Å². The Kier molecular flexibility index (Phi) is 5.32. The maximum Gasteiger partial charge on any atom is 0.296 e. The molecule has 1 fully saturated rings. The van der Waals surface area contributed by atoms with Crippen molar-refractivity contribution in [3.05, 3.63) is 65.2 Å². The van der Waals surface area contributed by atoms with Gasteiger partial charge in [-0.15, -0.1) is 0 Å². The van der Waals surface area contributed by atoms with Gasteiger partial charge in [0.25, 0.3) is 11.7 Å². The molecule has 1 N–H and O–H groups in total. The predicted molar refractivity (Wildman–Crippen MR) is 101 cm³/mol. The first-order valence-electron chi connectivity index (χ1n) is 8.46. The van der Waals surface area contributed by atoms with Crippen LogP contribution in [0.3, 0.4) is 0 Å². The van der Waals surface area contributed by atoms with Gasteiger partial charge in [0.2, 0.25) is 0 Å². The van der Waals surface area contributed by atoms with E-state index >= 15 is 0 Å². The van der Waals surface area contributed by atoms with Crippen molar-refractivity contribution in [1.82, 2.24) is 4.90 Å². The van der Waals surface area contributed by atoms with Crippen LogP contribution in [0, 0.1) is 11.3 Å². The molecule has 7 heteroatoms. The van der Waals surface area contributed by atoms with Crippen LogP contribution in [0.1, 0.15) is 17.2 Å². The molecular weight excluding hydrogens is 360 g/mol. The Bertz CT molecular complexity index is 992. The molecule has 0 spiro atoms. The molecule has 1 atom stereocenters. The number of nitrogens with zero attached hydrogens (tertiary/aromatic N) is 2. The molecule has 0 aliphatic carbocycles. The molecule has 2 aromatic carbocycles. The molecule has 1 amide bonds. The van der Waals surface area contributed by atoms with Crippen LogP contribution in [0.4, 0.5) is 0 Å². The minimum absolute atomic E-state index is 0.0991. The van der Waals surface area contributed by atoms with E-state index in [9.17, 15) is 20.0 Å². The fraction of sp³-hybridized carbons (Fsp3) is 0.190. The monoisotopic (exact) mass is 378 g/mol. The van der Waals surface area contributed by atoms with Gasteiger partial charge < -0.3 is 19.5 Å². The lowest BCUT2D eigenvalue weighted by Gasteiger charge is -2.24. The number of carbonyl (C=O) groups is 2. The minimum Gasteiger partial charge on any atom is -0.507 e. The molecule has 1 saturated heterocycles. The van der Waals surface area contributed by atoms with Crippen LogP contribution in [0.5, 0.6) is 11.5 Å². The van der Waals surface area contributed by atoms with E-state index in [-0.39, 0.29) is 17.9 Å². The van der Waals surface area contributed by atoms with Gasteiger partial charge >= 0.3 is 0 Å². The molecule has 1 aliphatic rings.